The number of carbonyl (C=O) groups excluding carboxylic acids is 1. The number of anilines is 1. The maximum Gasteiger partial charge on any atom is 0.426 e. The quantitative estimate of drug-likeness (QED) is 0.680. The van der Waals surface area contributed by atoms with Gasteiger partial charge >= 0.3 is 6.09 Å². The number of hydrogen-bond acceptors (Lipinski definition) is 4. The average molecular weight is 380 g/mol. The molecule has 0 spiro atoms. The van der Waals surface area contributed by atoms with Gasteiger partial charge in [0.2, 0.25) is 0 Å². The standard InChI is InChI=1S/C16H14ClN3O4S/c1-24-16(21)19-20(25(22,23)11-6-3-2-4-7-11)14-9-5-8-13-15(14)12(17)10-18-13/h2-10,18H,1H3,(H,19,21). The summed E-state index contributed by atoms with van der Waals surface area (Å²) < 4.78 is 31.4. The number of hydrogen-bond donors (Lipinski definition) is 2. The summed E-state index contributed by atoms with van der Waals surface area (Å²) in [6.07, 6.45) is 0.615. The molecule has 1 aromatic heterocycles. The van der Waals surface area contributed by atoms with Crippen LogP contribution in [-0.2, 0) is 14.8 Å². The Bertz CT molecular complexity index is 1020. The summed E-state index contributed by atoms with van der Waals surface area (Å²) in [5.41, 5.74) is 3.06. The number of rotatable bonds is 4. The van der Waals surface area contributed by atoms with Crippen LogP contribution >= 0.6 is 11.6 Å². The number of H-pyrrole nitrogens is 1. The molecule has 0 atom stereocenters. The van der Waals surface area contributed by atoms with Crippen molar-refractivity contribution < 1.29 is 17.9 Å². The summed E-state index contributed by atoms with van der Waals surface area (Å²) in [5, 5.41) is 0.783. The number of aromatic amines is 1. The van der Waals surface area contributed by atoms with Gasteiger partial charge in [-0.05, 0) is 24.3 Å². The van der Waals surface area contributed by atoms with Crippen LogP contribution in [0.15, 0.2) is 59.6 Å². The van der Waals surface area contributed by atoms with Crippen molar-refractivity contribution in [3.8, 4) is 0 Å². The molecule has 0 aliphatic rings. The van der Waals surface area contributed by atoms with Gasteiger partial charge in [-0.1, -0.05) is 35.9 Å². The zero-order valence-electron chi connectivity index (χ0n) is 13.1. The summed E-state index contributed by atoms with van der Waals surface area (Å²) >= 11 is 6.19. The summed E-state index contributed by atoms with van der Waals surface area (Å²) in [6, 6.07) is 12.7. The van der Waals surface area contributed by atoms with E-state index in [-0.39, 0.29) is 10.6 Å². The monoisotopic (exact) mass is 379 g/mol. The number of ether oxygens (including phenoxy) is 1. The van der Waals surface area contributed by atoms with Crippen LogP contribution in [0.3, 0.4) is 0 Å². The van der Waals surface area contributed by atoms with Crippen molar-refractivity contribution in [2.45, 2.75) is 4.90 Å². The highest BCUT2D eigenvalue weighted by Gasteiger charge is 2.29. The van der Waals surface area contributed by atoms with Crippen LogP contribution in [0.5, 0.6) is 0 Å². The molecule has 7 nitrogen and oxygen atoms in total. The Morgan fingerprint density at radius 1 is 1.16 bits per heavy atom. The van der Waals surface area contributed by atoms with Crippen LogP contribution in [0.4, 0.5) is 10.5 Å². The molecule has 3 rings (SSSR count). The van der Waals surface area contributed by atoms with E-state index in [4.69, 9.17) is 11.6 Å². The first-order chi connectivity index (χ1) is 11.9. The van der Waals surface area contributed by atoms with Gasteiger partial charge in [-0.25, -0.2) is 10.2 Å². The summed E-state index contributed by atoms with van der Waals surface area (Å²) in [5.74, 6) is 0. The molecular formula is C16H14ClN3O4S. The minimum atomic E-state index is -4.10. The molecule has 2 N–H and O–H groups in total. The zero-order chi connectivity index (χ0) is 18.0. The number of methoxy groups -OCH3 is 1. The lowest BCUT2D eigenvalue weighted by Gasteiger charge is -2.24. The third kappa shape index (κ3) is 3.13. The van der Waals surface area contributed by atoms with E-state index in [1.165, 1.54) is 12.1 Å². The van der Waals surface area contributed by atoms with E-state index in [1.807, 2.05) is 0 Å². The van der Waals surface area contributed by atoms with Crippen molar-refractivity contribution in [2.24, 2.45) is 0 Å². The lowest BCUT2D eigenvalue weighted by Crippen LogP contribution is -2.46. The van der Waals surface area contributed by atoms with Crippen molar-refractivity contribution in [2.75, 3.05) is 11.5 Å². The maximum atomic E-state index is 13.1. The molecule has 3 aromatic rings. The van der Waals surface area contributed by atoms with Gasteiger partial charge in [-0.3, -0.25) is 0 Å². The molecule has 0 unspecified atom stereocenters. The number of sulfonamides is 1. The molecule has 0 radical (unpaired) electrons. The van der Waals surface area contributed by atoms with E-state index in [9.17, 15) is 13.2 Å². The molecule has 0 saturated heterocycles. The smallest absolute Gasteiger partial charge is 0.426 e. The predicted octanol–water partition coefficient (Wildman–Crippen LogP) is 3.29. The number of amides is 1. The minimum Gasteiger partial charge on any atom is -0.452 e. The van der Waals surface area contributed by atoms with Gasteiger partial charge < -0.3 is 9.72 Å². The number of nitrogens with zero attached hydrogens (tertiary/aromatic N) is 1. The van der Waals surface area contributed by atoms with Crippen LogP contribution < -0.4 is 9.84 Å². The van der Waals surface area contributed by atoms with Crippen LogP contribution in [0, 0.1) is 0 Å². The molecule has 0 saturated carbocycles. The fraction of sp³-hybridized carbons (Fsp3) is 0.0625. The summed E-state index contributed by atoms with van der Waals surface area (Å²) in [7, 11) is -2.95. The Labute approximate surface area is 149 Å². The molecule has 2 aromatic carbocycles. The first kappa shape index (κ1) is 17.1. The van der Waals surface area contributed by atoms with Gasteiger partial charge in [0.25, 0.3) is 10.0 Å². The Balaban J connectivity index is 2.22. The topological polar surface area (TPSA) is 91.5 Å². The van der Waals surface area contributed by atoms with E-state index in [2.05, 4.69) is 15.1 Å². The Morgan fingerprint density at radius 3 is 2.56 bits per heavy atom. The van der Waals surface area contributed by atoms with Crippen LogP contribution in [0.2, 0.25) is 5.02 Å². The van der Waals surface area contributed by atoms with Gasteiger partial charge in [0.1, 0.15) is 0 Å². The second-order valence-electron chi connectivity index (χ2n) is 5.02. The van der Waals surface area contributed by atoms with Crippen molar-refractivity contribution in [1.82, 2.24) is 10.4 Å². The van der Waals surface area contributed by atoms with E-state index >= 15 is 0 Å². The van der Waals surface area contributed by atoms with Crippen LogP contribution in [0.1, 0.15) is 0 Å². The summed E-state index contributed by atoms with van der Waals surface area (Å²) in [4.78, 5) is 14.7. The third-order valence-electron chi connectivity index (χ3n) is 3.51. The normalized spacial score (nSPS) is 11.3. The molecule has 0 bridgehead atoms. The van der Waals surface area contributed by atoms with Gasteiger partial charge in [-0.15, -0.1) is 0 Å². The Hall–Kier alpha value is -2.71. The number of nitrogens with one attached hydrogen (secondary N) is 2. The van der Waals surface area contributed by atoms with Crippen LogP contribution in [-0.4, -0.2) is 26.6 Å². The first-order valence-corrected chi connectivity index (χ1v) is 8.97. The molecule has 0 fully saturated rings. The molecule has 130 valence electrons. The number of halogens is 1. The number of hydrazine groups is 1. The van der Waals surface area contributed by atoms with Crippen LogP contribution in [0.25, 0.3) is 10.9 Å². The van der Waals surface area contributed by atoms with E-state index < -0.39 is 16.1 Å². The molecular weight excluding hydrogens is 366 g/mol. The molecule has 0 aliphatic heterocycles. The highest BCUT2D eigenvalue weighted by atomic mass is 35.5. The molecule has 9 heteroatoms. The van der Waals surface area contributed by atoms with Crippen molar-refractivity contribution in [3.63, 3.8) is 0 Å². The second kappa shape index (κ2) is 6.66. The second-order valence-corrected chi connectivity index (χ2v) is 7.22. The van der Waals surface area contributed by atoms with Gasteiger partial charge in [-0.2, -0.15) is 12.8 Å². The predicted molar refractivity (Wildman–Crippen MR) is 95.0 cm³/mol. The van der Waals surface area contributed by atoms with Crippen molar-refractivity contribution in [1.29, 1.82) is 0 Å². The van der Waals surface area contributed by atoms with Gasteiger partial charge in [0, 0.05) is 17.1 Å². The Kier molecular flexibility index (Phi) is 4.56. The van der Waals surface area contributed by atoms with E-state index in [0.29, 0.717) is 15.9 Å². The lowest BCUT2D eigenvalue weighted by atomic mass is 10.2. The molecule has 25 heavy (non-hydrogen) atoms. The number of benzene rings is 2. The highest BCUT2D eigenvalue weighted by molar-refractivity contribution is 7.92. The zero-order valence-corrected chi connectivity index (χ0v) is 14.6. The highest BCUT2D eigenvalue weighted by Crippen LogP contribution is 2.34. The Morgan fingerprint density at radius 2 is 1.88 bits per heavy atom. The fourth-order valence-corrected chi connectivity index (χ4v) is 3.94. The van der Waals surface area contributed by atoms with E-state index in [1.54, 1.807) is 42.6 Å². The van der Waals surface area contributed by atoms with Crippen molar-refractivity contribution >= 4 is 44.3 Å². The minimum absolute atomic E-state index is 0.00932. The number of carbonyl (C=O) groups is 1. The maximum absolute atomic E-state index is 13.1. The van der Waals surface area contributed by atoms with Crippen molar-refractivity contribution in [3.05, 3.63) is 59.8 Å². The van der Waals surface area contributed by atoms with Gasteiger partial charge in [0.15, 0.2) is 0 Å². The molecule has 1 amide bonds. The number of aromatic nitrogens is 1. The fourth-order valence-electron chi connectivity index (χ4n) is 2.37. The SMILES string of the molecule is COC(=O)NN(c1cccc2[nH]cc(Cl)c12)S(=O)(=O)c1ccccc1. The summed E-state index contributed by atoms with van der Waals surface area (Å²) in [6.45, 7) is 0. The largest absolute Gasteiger partial charge is 0.452 e. The lowest BCUT2D eigenvalue weighted by molar-refractivity contribution is 0.171. The van der Waals surface area contributed by atoms with Gasteiger partial charge in [0.05, 0.1) is 22.7 Å². The molecule has 0 aliphatic carbocycles. The third-order valence-corrected chi connectivity index (χ3v) is 5.45. The average Bonchev–Trinajstić information content (AvgIpc) is 3.01. The molecule has 1 heterocycles. The van der Waals surface area contributed by atoms with E-state index in [0.717, 1.165) is 11.5 Å². The number of fused-ring (bicyclic) bond motifs is 1. The first-order valence-electron chi connectivity index (χ1n) is 7.15.